The van der Waals surface area contributed by atoms with Crippen LogP contribution in [0.5, 0.6) is 5.75 Å². The van der Waals surface area contributed by atoms with E-state index in [1.54, 1.807) is 25.3 Å². The maximum absolute atomic E-state index is 13.0. The second kappa shape index (κ2) is 10.7. The molecule has 7 heteroatoms. The van der Waals surface area contributed by atoms with Crippen molar-refractivity contribution in [1.29, 1.82) is 0 Å². The van der Waals surface area contributed by atoms with Gasteiger partial charge in [0, 0.05) is 19.2 Å². The molecule has 1 fully saturated rings. The van der Waals surface area contributed by atoms with Gasteiger partial charge in [0.25, 0.3) is 5.91 Å². The van der Waals surface area contributed by atoms with Gasteiger partial charge in [0.05, 0.1) is 18.4 Å². The Hall–Kier alpha value is -3.19. The minimum absolute atomic E-state index is 0.0245. The SMILES string of the molecule is COc1ccc(C=CC(=O)NC(=S)Nc2ccccc2C(=O)N2CCC(C)CC2)cc1. The number of ether oxygens (including phenoxy) is 1. The molecule has 0 radical (unpaired) electrons. The quantitative estimate of drug-likeness (QED) is 0.545. The Morgan fingerprint density at radius 1 is 1.10 bits per heavy atom. The summed E-state index contributed by atoms with van der Waals surface area (Å²) >= 11 is 5.28. The van der Waals surface area contributed by atoms with E-state index in [1.807, 2.05) is 41.3 Å². The predicted molar refractivity (Wildman–Crippen MR) is 127 cm³/mol. The van der Waals surface area contributed by atoms with Crippen LogP contribution in [0, 0.1) is 5.92 Å². The maximum Gasteiger partial charge on any atom is 0.255 e. The molecule has 0 atom stereocenters. The van der Waals surface area contributed by atoms with Crippen molar-refractivity contribution in [3.63, 3.8) is 0 Å². The van der Waals surface area contributed by atoms with Gasteiger partial charge in [0.1, 0.15) is 5.75 Å². The number of methoxy groups -OCH3 is 1. The van der Waals surface area contributed by atoms with Gasteiger partial charge in [0.15, 0.2) is 5.11 Å². The van der Waals surface area contributed by atoms with E-state index in [0.717, 1.165) is 37.2 Å². The number of benzene rings is 2. The van der Waals surface area contributed by atoms with E-state index in [4.69, 9.17) is 17.0 Å². The first-order valence-electron chi connectivity index (χ1n) is 10.3. The molecule has 2 N–H and O–H groups in total. The standard InChI is InChI=1S/C24H27N3O3S/c1-17-13-15-27(16-14-17)23(29)20-5-3-4-6-21(20)25-24(31)26-22(28)12-9-18-7-10-19(30-2)11-8-18/h3-12,17H,13-16H2,1-2H3,(H2,25,26,28,31). The molecule has 2 amide bonds. The molecule has 0 aromatic heterocycles. The highest BCUT2D eigenvalue weighted by Gasteiger charge is 2.23. The molecule has 0 aliphatic carbocycles. The number of nitrogens with zero attached hydrogens (tertiary/aromatic N) is 1. The average Bonchev–Trinajstić information content (AvgIpc) is 2.78. The molecule has 3 rings (SSSR count). The van der Waals surface area contributed by atoms with Gasteiger partial charge in [-0.1, -0.05) is 31.2 Å². The summed E-state index contributed by atoms with van der Waals surface area (Å²) in [5.74, 6) is 1.01. The van der Waals surface area contributed by atoms with Gasteiger partial charge in [-0.2, -0.15) is 0 Å². The van der Waals surface area contributed by atoms with Crippen LogP contribution in [0.15, 0.2) is 54.6 Å². The summed E-state index contributed by atoms with van der Waals surface area (Å²) in [6.07, 6.45) is 5.11. The van der Waals surface area contributed by atoms with Gasteiger partial charge in [0.2, 0.25) is 5.91 Å². The first kappa shape index (κ1) is 22.5. The molecule has 6 nitrogen and oxygen atoms in total. The molecule has 2 aromatic carbocycles. The summed E-state index contributed by atoms with van der Waals surface area (Å²) < 4.78 is 5.12. The van der Waals surface area contributed by atoms with Crippen LogP contribution in [-0.2, 0) is 4.79 Å². The fourth-order valence-corrected chi connectivity index (χ4v) is 3.57. The van der Waals surface area contributed by atoms with E-state index in [0.29, 0.717) is 17.2 Å². The Labute approximate surface area is 188 Å². The maximum atomic E-state index is 13.0. The fraction of sp³-hybridized carbons (Fsp3) is 0.292. The second-order valence-corrected chi connectivity index (χ2v) is 7.98. The molecule has 1 aliphatic heterocycles. The first-order chi connectivity index (χ1) is 15.0. The Morgan fingerprint density at radius 2 is 1.77 bits per heavy atom. The number of anilines is 1. The number of amides is 2. The molecule has 0 unspecified atom stereocenters. The number of rotatable bonds is 5. The zero-order valence-electron chi connectivity index (χ0n) is 17.8. The van der Waals surface area contributed by atoms with Crippen LogP contribution in [0.3, 0.4) is 0 Å². The van der Waals surface area contributed by atoms with Crippen LogP contribution < -0.4 is 15.4 Å². The van der Waals surface area contributed by atoms with Crippen molar-refractivity contribution < 1.29 is 14.3 Å². The molecule has 162 valence electrons. The number of hydrogen-bond donors (Lipinski definition) is 2. The third kappa shape index (κ3) is 6.39. The van der Waals surface area contributed by atoms with Gasteiger partial charge in [-0.25, -0.2) is 0 Å². The minimum Gasteiger partial charge on any atom is -0.497 e. The van der Waals surface area contributed by atoms with E-state index >= 15 is 0 Å². The van der Waals surface area contributed by atoms with Crippen LogP contribution in [0.2, 0.25) is 0 Å². The number of likely N-dealkylation sites (tertiary alicyclic amines) is 1. The Morgan fingerprint density at radius 3 is 2.45 bits per heavy atom. The van der Waals surface area contributed by atoms with Crippen molar-refractivity contribution in [3.8, 4) is 5.75 Å². The summed E-state index contributed by atoms with van der Waals surface area (Å²) in [5, 5.41) is 5.74. The van der Waals surface area contributed by atoms with E-state index in [2.05, 4.69) is 17.6 Å². The number of carbonyl (C=O) groups is 2. The summed E-state index contributed by atoms with van der Waals surface area (Å²) in [6, 6.07) is 14.5. The number of nitrogens with one attached hydrogen (secondary N) is 2. The van der Waals surface area contributed by atoms with E-state index in [-0.39, 0.29) is 16.9 Å². The molecule has 0 saturated carbocycles. The fourth-order valence-electron chi connectivity index (χ4n) is 3.35. The zero-order valence-corrected chi connectivity index (χ0v) is 18.6. The lowest BCUT2D eigenvalue weighted by molar-refractivity contribution is -0.115. The largest absolute Gasteiger partial charge is 0.497 e. The van der Waals surface area contributed by atoms with Gasteiger partial charge < -0.3 is 15.0 Å². The summed E-state index contributed by atoms with van der Waals surface area (Å²) in [7, 11) is 1.60. The van der Waals surface area contributed by atoms with Gasteiger partial charge >= 0.3 is 0 Å². The monoisotopic (exact) mass is 437 g/mol. The highest BCUT2D eigenvalue weighted by molar-refractivity contribution is 7.80. The Bertz CT molecular complexity index is 964. The third-order valence-corrected chi connectivity index (χ3v) is 5.46. The molecule has 1 aliphatic rings. The number of hydrogen-bond acceptors (Lipinski definition) is 4. The lowest BCUT2D eigenvalue weighted by Gasteiger charge is -2.30. The zero-order chi connectivity index (χ0) is 22.2. The van der Waals surface area contributed by atoms with Crippen molar-refractivity contribution in [2.75, 3.05) is 25.5 Å². The van der Waals surface area contributed by atoms with Crippen LogP contribution in [0.25, 0.3) is 6.08 Å². The first-order valence-corrected chi connectivity index (χ1v) is 10.7. The van der Waals surface area contributed by atoms with E-state index in [1.165, 1.54) is 6.08 Å². The number of piperidine rings is 1. The summed E-state index contributed by atoms with van der Waals surface area (Å²) in [5.41, 5.74) is 1.99. The summed E-state index contributed by atoms with van der Waals surface area (Å²) in [6.45, 7) is 3.72. The number of thiocarbonyl (C=S) groups is 1. The molecular weight excluding hydrogens is 410 g/mol. The normalized spacial score (nSPS) is 14.3. The topological polar surface area (TPSA) is 70.7 Å². The molecule has 1 saturated heterocycles. The Balaban J connectivity index is 1.59. The highest BCUT2D eigenvalue weighted by Crippen LogP contribution is 2.22. The summed E-state index contributed by atoms with van der Waals surface area (Å²) in [4.78, 5) is 27.1. The van der Waals surface area contributed by atoms with Crippen molar-refractivity contribution in [2.45, 2.75) is 19.8 Å². The number of para-hydroxylation sites is 1. The molecular formula is C24H27N3O3S. The van der Waals surface area contributed by atoms with Crippen molar-refractivity contribution in [3.05, 3.63) is 65.7 Å². The number of carbonyl (C=O) groups excluding carboxylic acids is 2. The highest BCUT2D eigenvalue weighted by atomic mass is 32.1. The van der Waals surface area contributed by atoms with E-state index < -0.39 is 0 Å². The van der Waals surface area contributed by atoms with Crippen molar-refractivity contribution in [2.24, 2.45) is 5.92 Å². The molecule has 1 heterocycles. The van der Waals surface area contributed by atoms with Gasteiger partial charge in [-0.15, -0.1) is 0 Å². The van der Waals surface area contributed by atoms with Crippen LogP contribution >= 0.6 is 12.2 Å². The van der Waals surface area contributed by atoms with Crippen LogP contribution in [0.4, 0.5) is 5.69 Å². The molecule has 0 spiro atoms. The van der Waals surface area contributed by atoms with Gasteiger partial charge in [-0.05, 0) is 66.9 Å². The molecule has 2 aromatic rings. The molecule has 31 heavy (non-hydrogen) atoms. The second-order valence-electron chi connectivity index (χ2n) is 7.57. The van der Waals surface area contributed by atoms with Gasteiger partial charge in [-0.3, -0.25) is 14.9 Å². The average molecular weight is 438 g/mol. The van der Waals surface area contributed by atoms with Crippen LogP contribution in [-0.4, -0.2) is 42.0 Å². The smallest absolute Gasteiger partial charge is 0.255 e. The lowest BCUT2D eigenvalue weighted by Crippen LogP contribution is -2.39. The predicted octanol–water partition coefficient (Wildman–Crippen LogP) is 4.09. The lowest BCUT2D eigenvalue weighted by atomic mass is 9.98. The third-order valence-electron chi connectivity index (χ3n) is 5.26. The molecule has 0 bridgehead atoms. The minimum atomic E-state index is -0.359. The van der Waals surface area contributed by atoms with E-state index in [9.17, 15) is 9.59 Å². The van der Waals surface area contributed by atoms with Crippen LogP contribution in [0.1, 0.15) is 35.7 Å². The van der Waals surface area contributed by atoms with Crippen molar-refractivity contribution >= 4 is 40.9 Å². The van der Waals surface area contributed by atoms with Crippen molar-refractivity contribution in [1.82, 2.24) is 10.2 Å². The Kier molecular flexibility index (Phi) is 7.78.